The van der Waals surface area contributed by atoms with Gasteiger partial charge in [0.25, 0.3) is 15.6 Å². The molecule has 2 heterocycles. The smallest absolute Gasteiger partial charge is 0.266 e. The molecule has 0 amide bonds. The number of nitriles is 1. The van der Waals surface area contributed by atoms with E-state index in [1.165, 1.54) is 22.8 Å². The lowest BCUT2D eigenvalue weighted by Crippen LogP contribution is -2.33. The molecule has 1 aliphatic heterocycles. The van der Waals surface area contributed by atoms with Crippen molar-refractivity contribution in [3.8, 4) is 6.07 Å². The largest absolute Gasteiger partial charge is 0.284 e. The number of anilines is 1. The third kappa shape index (κ3) is 3.95. The summed E-state index contributed by atoms with van der Waals surface area (Å²) < 4.78 is 44.8. The molecule has 36 heavy (non-hydrogen) atoms. The van der Waals surface area contributed by atoms with E-state index in [2.05, 4.69) is 0 Å². The summed E-state index contributed by atoms with van der Waals surface area (Å²) >= 11 is 12.2. The number of hydrogen-bond donors (Lipinski definition) is 0. The molecule has 3 aromatic carbocycles. The van der Waals surface area contributed by atoms with Gasteiger partial charge in [-0.3, -0.25) is 9.36 Å². The van der Waals surface area contributed by atoms with Crippen LogP contribution in [0.25, 0.3) is 0 Å². The maximum Gasteiger partial charge on any atom is 0.266 e. The van der Waals surface area contributed by atoms with Crippen molar-refractivity contribution in [2.45, 2.75) is 17.0 Å². The second kappa shape index (κ2) is 9.10. The summed E-state index contributed by atoms with van der Waals surface area (Å²) in [5, 5.41) is 10.2. The van der Waals surface area contributed by atoms with Crippen molar-refractivity contribution < 1.29 is 12.8 Å². The van der Waals surface area contributed by atoms with Crippen molar-refractivity contribution in [3.63, 3.8) is 0 Å². The molecule has 1 unspecified atom stereocenters. The first-order valence-electron chi connectivity index (χ1n) is 10.7. The summed E-state index contributed by atoms with van der Waals surface area (Å²) in [5.74, 6) is -0.701. The molecule has 0 bridgehead atoms. The minimum atomic E-state index is -4.38. The van der Waals surface area contributed by atoms with Crippen molar-refractivity contribution in [3.05, 3.63) is 128 Å². The topological polar surface area (TPSA) is 83.2 Å². The Morgan fingerprint density at radius 3 is 2.00 bits per heavy atom. The Hall–Kier alpha value is -3.64. The third-order valence-corrected chi connectivity index (χ3v) is 8.35. The van der Waals surface area contributed by atoms with Crippen LogP contribution in [0.2, 0.25) is 10.0 Å². The van der Waals surface area contributed by atoms with Crippen LogP contribution in [-0.4, -0.2) is 13.0 Å². The van der Waals surface area contributed by atoms with Crippen LogP contribution in [-0.2, 0) is 10.0 Å². The highest BCUT2D eigenvalue weighted by atomic mass is 35.5. The number of pyridine rings is 1. The molecule has 0 fully saturated rings. The molecule has 0 saturated carbocycles. The zero-order chi connectivity index (χ0) is 25.6. The Balaban J connectivity index is 1.81. The summed E-state index contributed by atoms with van der Waals surface area (Å²) in [7, 11) is -4.38. The molecule has 0 aliphatic carbocycles. The van der Waals surface area contributed by atoms with Crippen LogP contribution in [0.15, 0.2) is 94.6 Å². The van der Waals surface area contributed by atoms with E-state index in [1.807, 2.05) is 0 Å². The standard InChI is InChI=1S/C26H16Cl2FN3O3S/c27-19-8-4-16(5-9-19)25-26(17-6-10-20(28)11-7-17)32(23-2-1-3-24(33)31(23)25)36(34,35)21-12-13-22(29)18(14-21)15-30/h1-14,25-26H/t25?,26-/m0/s1. The van der Waals surface area contributed by atoms with Gasteiger partial charge in [-0.05, 0) is 59.7 Å². The molecule has 0 spiro atoms. The number of halogens is 3. The average molecular weight is 540 g/mol. The van der Waals surface area contributed by atoms with Crippen LogP contribution in [0, 0.1) is 17.1 Å². The Morgan fingerprint density at radius 1 is 0.833 bits per heavy atom. The molecule has 4 aromatic rings. The van der Waals surface area contributed by atoms with Gasteiger partial charge in [0.05, 0.1) is 22.5 Å². The summed E-state index contributed by atoms with van der Waals surface area (Å²) in [4.78, 5) is 12.9. The van der Waals surface area contributed by atoms with Crippen LogP contribution in [0.5, 0.6) is 0 Å². The fourth-order valence-electron chi connectivity index (χ4n) is 4.47. The SMILES string of the molecule is N#Cc1cc(S(=O)(=O)N2c3cccc(=O)n3C(c3ccc(Cl)cc3)[C@@H]2c2ccc(Cl)cc2)ccc1F. The number of sulfonamides is 1. The van der Waals surface area contributed by atoms with Gasteiger partial charge in [0.15, 0.2) is 0 Å². The van der Waals surface area contributed by atoms with Crippen LogP contribution in [0.3, 0.4) is 0 Å². The first-order chi connectivity index (χ1) is 17.2. The van der Waals surface area contributed by atoms with Crippen molar-refractivity contribution in [1.82, 2.24) is 4.57 Å². The highest BCUT2D eigenvalue weighted by Crippen LogP contribution is 2.49. The lowest BCUT2D eigenvalue weighted by molar-refractivity contribution is 0.529. The van der Waals surface area contributed by atoms with Gasteiger partial charge in [-0.25, -0.2) is 17.1 Å². The normalized spacial score (nSPS) is 17.0. The minimum absolute atomic E-state index is 0.130. The molecular weight excluding hydrogens is 524 g/mol. The van der Waals surface area contributed by atoms with Gasteiger partial charge in [-0.1, -0.05) is 53.5 Å². The van der Waals surface area contributed by atoms with Gasteiger partial charge in [0.2, 0.25) is 0 Å². The summed E-state index contributed by atoms with van der Waals surface area (Å²) in [6, 6.07) is 20.9. The molecule has 0 saturated heterocycles. The van der Waals surface area contributed by atoms with E-state index in [0.29, 0.717) is 21.2 Å². The lowest BCUT2D eigenvalue weighted by atomic mass is 9.94. The molecule has 2 atom stereocenters. The fourth-order valence-corrected chi connectivity index (χ4v) is 6.38. The number of hydrogen-bond acceptors (Lipinski definition) is 4. The van der Waals surface area contributed by atoms with Gasteiger partial charge in [0.1, 0.15) is 17.7 Å². The van der Waals surface area contributed by atoms with Crippen LogP contribution < -0.4 is 9.86 Å². The van der Waals surface area contributed by atoms with E-state index >= 15 is 0 Å². The highest BCUT2D eigenvalue weighted by molar-refractivity contribution is 7.92. The summed E-state index contributed by atoms with van der Waals surface area (Å²) in [5.41, 5.74) is 0.427. The van der Waals surface area contributed by atoms with Crippen molar-refractivity contribution >= 4 is 39.0 Å². The van der Waals surface area contributed by atoms with Gasteiger partial charge >= 0.3 is 0 Å². The first-order valence-corrected chi connectivity index (χ1v) is 12.9. The van der Waals surface area contributed by atoms with E-state index in [0.717, 1.165) is 22.5 Å². The Kier molecular flexibility index (Phi) is 6.08. The number of nitrogens with zero attached hydrogens (tertiary/aromatic N) is 3. The van der Waals surface area contributed by atoms with Crippen molar-refractivity contribution in [2.75, 3.05) is 4.31 Å². The molecule has 5 rings (SSSR count). The molecule has 1 aromatic heterocycles. The maximum absolute atomic E-state index is 14.1. The van der Waals surface area contributed by atoms with E-state index < -0.39 is 39.0 Å². The van der Waals surface area contributed by atoms with Gasteiger partial charge in [0, 0.05) is 16.1 Å². The predicted molar refractivity (Wildman–Crippen MR) is 135 cm³/mol. The van der Waals surface area contributed by atoms with Gasteiger partial charge in [-0.15, -0.1) is 0 Å². The monoisotopic (exact) mass is 539 g/mol. The Labute approximate surface area is 216 Å². The molecule has 180 valence electrons. The average Bonchev–Trinajstić information content (AvgIpc) is 3.22. The van der Waals surface area contributed by atoms with E-state index in [4.69, 9.17) is 23.2 Å². The van der Waals surface area contributed by atoms with Crippen molar-refractivity contribution in [2.24, 2.45) is 0 Å². The molecule has 10 heteroatoms. The second-order valence-corrected chi connectivity index (χ2v) is 10.8. The van der Waals surface area contributed by atoms with Gasteiger partial charge in [-0.2, -0.15) is 5.26 Å². The quantitative estimate of drug-likeness (QED) is 0.332. The Bertz CT molecular complexity index is 1680. The molecule has 0 radical (unpaired) electrons. The maximum atomic E-state index is 14.1. The van der Waals surface area contributed by atoms with E-state index in [9.17, 15) is 22.9 Å². The van der Waals surface area contributed by atoms with Crippen LogP contribution in [0.4, 0.5) is 10.2 Å². The highest BCUT2D eigenvalue weighted by Gasteiger charge is 2.47. The molecular formula is C26H16Cl2FN3O3S. The number of rotatable bonds is 4. The van der Waals surface area contributed by atoms with Gasteiger partial charge < -0.3 is 0 Å². The Morgan fingerprint density at radius 2 is 1.42 bits per heavy atom. The fraction of sp³-hybridized carbons (Fsp3) is 0.0769. The van der Waals surface area contributed by atoms with Crippen molar-refractivity contribution in [1.29, 1.82) is 5.26 Å². The number of fused-ring (bicyclic) bond motifs is 1. The van der Waals surface area contributed by atoms with Crippen LogP contribution in [0.1, 0.15) is 28.8 Å². The molecule has 0 N–H and O–H groups in total. The van der Waals surface area contributed by atoms with E-state index in [-0.39, 0.29) is 10.7 Å². The summed E-state index contributed by atoms with van der Waals surface area (Å²) in [6.07, 6.45) is 0. The first kappa shape index (κ1) is 24.1. The van der Waals surface area contributed by atoms with Crippen LogP contribution >= 0.6 is 23.2 Å². The summed E-state index contributed by atoms with van der Waals surface area (Å²) in [6.45, 7) is 0. The molecule has 6 nitrogen and oxygen atoms in total. The minimum Gasteiger partial charge on any atom is -0.284 e. The number of aromatic nitrogens is 1. The number of benzene rings is 3. The molecule has 1 aliphatic rings. The third-order valence-electron chi connectivity index (χ3n) is 6.06. The second-order valence-electron chi connectivity index (χ2n) is 8.14. The predicted octanol–water partition coefficient (Wildman–Crippen LogP) is 5.71. The zero-order valence-electron chi connectivity index (χ0n) is 18.3. The van der Waals surface area contributed by atoms with E-state index in [1.54, 1.807) is 54.6 Å². The zero-order valence-corrected chi connectivity index (χ0v) is 20.7. The lowest BCUT2D eigenvalue weighted by Gasteiger charge is -2.29.